The second-order valence-electron chi connectivity index (χ2n) is 9.88. The van der Waals surface area contributed by atoms with Crippen LogP contribution in [0.5, 0.6) is 0 Å². The first kappa shape index (κ1) is 22.6. The van der Waals surface area contributed by atoms with E-state index in [0.717, 1.165) is 18.6 Å². The van der Waals surface area contributed by atoms with E-state index in [9.17, 15) is 0 Å². The number of hydrogen-bond donors (Lipinski definition) is 0. The summed E-state index contributed by atoms with van der Waals surface area (Å²) in [4.78, 5) is 0. The van der Waals surface area contributed by atoms with E-state index in [1.807, 2.05) is 6.07 Å². The molecule has 0 N–H and O–H groups in total. The monoisotopic (exact) mass is 442 g/mol. The summed E-state index contributed by atoms with van der Waals surface area (Å²) in [5.41, 5.74) is 0.758. The van der Waals surface area contributed by atoms with E-state index in [0.29, 0.717) is 6.61 Å². The van der Waals surface area contributed by atoms with Gasteiger partial charge in [0.05, 0.1) is 6.61 Å². The average Bonchev–Trinajstić information content (AvgIpc) is 3.17. The van der Waals surface area contributed by atoms with Crippen molar-refractivity contribution in [3.05, 3.63) is 108 Å². The Labute approximate surface area is 194 Å². The first-order valence-electron chi connectivity index (χ1n) is 11.5. The van der Waals surface area contributed by atoms with Crippen LogP contribution in [0.25, 0.3) is 0 Å². The predicted octanol–water partition coefficient (Wildman–Crippen LogP) is 6.22. The molecule has 166 valence electrons. The summed E-state index contributed by atoms with van der Waals surface area (Å²) in [6.07, 6.45) is 4.16. The van der Waals surface area contributed by atoms with Crippen LogP contribution in [-0.4, -0.2) is 13.9 Å². The maximum absolute atomic E-state index is 7.31. The average molecular weight is 443 g/mol. The molecule has 4 rings (SSSR count). The highest BCUT2D eigenvalue weighted by Gasteiger charge is 2.54. The van der Waals surface area contributed by atoms with Crippen molar-refractivity contribution in [3.63, 3.8) is 0 Å². The normalized spacial score (nSPS) is 18.9. The molecule has 1 unspecified atom stereocenters. The molecule has 0 aromatic heterocycles. The Morgan fingerprint density at radius 2 is 1.28 bits per heavy atom. The molecule has 0 saturated heterocycles. The van der Waals surface area contributed by atoms with Crippen molar-refractivity contribution in [2.45, 2.75) is 57.8 Å². The molecular weight excluding hydrogens is 408 g/mol. The Kier molecular flexibility index (Phi) is 6.41. The van der Waals surface area contributed by atoms with Gasteiger partial charge >= 0.3 is 8.32 Å². The number of benzene rings is 3. The van der Waals surface area contributed by atoms with Crippen LogP contribution in [0.15, 0.2) is 103 Å². The Hall–Kier alpha value is -2.62. The zero-order chi connectivity index (χ0) is 22.7. The summed E-state index contributed by atoms with van der Waals surface area (Å²) in [6.45, 7) is 9.72. The van der Waals surface area contributed by atoms with Gasteiger partial charge in [-0.3, -0.25) is 0 Å². The van der Waals surface area contributed by atoms with Crippen LogP contribution in [0, 0.1) is 0 Å². The molecule has 3 aromatic rings. The lowest BCUT2D eigenvalue weighted by Gasteiger charge is -2.45. The number of rotatable bonds is 7. The summed E-state index contributed by atoms with van der Waals surface area (Å²) < 4.78 is 13.9. The standard InChI is InChI=1S/C29H34O2Si/c1-28(2,3)32(25-17-10-6-11-18-25,26-19-12-7-13-20-26)31-27-21-14-22-29(27,4)30-23-24-15-8-5-9-16-24/h5-13,15-21H,14,22-23H2,1-4H3. The third-order valence-electron chi connectivity index (χ3n) is 6.55. The lowest BCUT2D eigenvalue weighted by atomic mass is 10.1. The van der Waals surface area contributed by atoms with Crippen molar-refractivity contribution >= 4 is 18.7 Å². The second kappa shape index (κ2) is 9.09. The zero-order valence-corrected chi connectivity index (χ0v) is 20.7. The van der Waals surface area contributed by atoms with Crippen molar-refractivity contribution in [2.24, 2.45) is 0 Å². The van der Waals surface area contributed by atoms with Crippen LogP contribution in [-0.2, 0) is 15.8 Å². The van der Waals surface area contributed by atoms with E-state index in [-0.39, 0.29) is 5.04 Å². The van der Waals surface area contributed by atoms with E-state index < -0.39 is 13.9 Å². The molecule has 0 fully saturated rings. The molecule has 1 atom stereocenters. The van der Waals surface area contributed by atoms with E-state index >= 15 is 0 Å². The molecule has 3 aromatic carbocycles. The fraction of sp³-hybridized carbons (Fsp3) is 0.310. The summed E-state index contributed by atoms with van der Waals surface area (Å²) in [6, 6.07) is 32.0. The Balaban J connectivity index is 1.74. The molecule has 3 heteroatoms. The lowest BCUT2D eigenvalue weighted by Crippen LogP contribution is -2.67. The minimum absolute atomic E-state index is 0.0700. The van der Waals surface area contributed by atoms with Crippen molar-refractivity contribution in [1.82, 2.24) is 0 Å². The van der Waals surface area contributed by atoms with Gasteiger partial charge in [-0.25, -0.2) is 0 Å². The highest BCUT2D eigenvalue weighted by Crippen LogP contribution is 2.43. The van der Waals surface area contributed by atoms with E-state index in [1.165, 1.54) is 15.9 Å². The summed E-state index contributed by atoms with van der Waals surface area (Å²) in [5, 5.41) is 2.51. The molecule has 0 heterocycles. The van der Waals surface area contributed by atoms with Crippen LogP contribution >= 0.6 is 0 Å². The summed E-state index contributed by atoms with van der Waals surface area (Å²) >= 11 is 0. The molecule has 2 nitrogen and oxygen atoms in total. The van der Waals surface area contributed by atoms with Gasteiger partial charge in [0.2, 0.25) is 0 Å². The van der Waals surface area contributed by atoms with Gasteiger partial charge in [0.1, 0.15) is 11.4 Å². The van der Waals surface area contributed by atoms with E-state index in [1.54, 1.807) is 0 Å². The Morgan fingerprint density at radius 1 is 0.781 bits per heavy atom. The minimum Gasteiger partial charge on any atom is -0.535 e. The van der Waals surface area contributed by atoms with Crippen LogP contribution in [0.1, 0.15) is 46.1 Å². The minimum atomic E-state index is -2.66. The maximum Gasteiger partial charge on any atom is 0.319 e. The second-order valence-corrected chi connectivity index (χ2v) is 14.1. The Bertz CT molecular complexity index is 999. The van der Waals surface area contributed by atoms with Gasteiger partial charge in [-0.1, -0.05) is 112 Å². The molecule has 32 heavy (non-hydrogen) atoms. The predicted molar refractivity (Wildman–Crippen MR) is 136 cm³/mol. The van der Waals surface area contributed by atoms with Crippen molar-refractivity contribution in [2.75, 3.05) is 0 Å². The molecule has 0 saturated carbocycles. The first-order chi connectivity index (χ1) is 15.4. The van der Waals surface area contributed by atoms with Gasteiger partial charge < -0.3 is 9.16 Å². The lowest BCUT2D eigenvalue weighted by molar-refractivity contribution is -0.0361. The largest absolute Gasteiger partial charge is 0.535 e. The van der Waals surface area contributed by atoms with Crippen molar-refractivity contribution in [3.8, 4) is 0 Å². The molecule has 0 radical (unpaired) electrons. The van der Waals surface area contributed by atoms with Gasteiger partial charge in [-0.05, 0) is 46.8 Å². The number of allylic oxidation sites excluding steroid dienone is 1. The smallest absolute Gasteiger partial charge is 0.319 e. The number of ether oxygens (including phenoxy) is 1. The topological polar surface area (TPSA) is 18.5 Å². The van der Waals surface area contributed by atoms with Crippen LogP contribution < -0.4 is 10.4 Å². The fourth-order valence-corrected chi connectivity index (χ4v) is 9.30. The van der Waals surface area contributed by atoms with Gasteiger partial charge in [-0.2, -0.15) is 0 Å². The summed E-state index contributed by atoms with van der Waals surface area (Å²) in [5.74, 6) is 0.989. The molecule has 0 amide bonds. The van der Waals surface area contributed by atoms with Crippen molar-refractivity contribution < 1.29 is 9.16 Å². The zero-order valence-electron chi connectivity index (χ0n) is 19.7. The molecule has 1 aliphatic rings. The highest BCUT2D eigenvalue weighted by atomic mass is 28.4. The third-order valence-corrected chi connectivity index (χ3v) is 11.5. The molecule has 0 bridgehead atoms. The molecule has 0 aliphatic heterocycles. The molecule has 0 spiro atoms. The number of hydrogen-bond acceptors (Lipinski definition) is 2. The van der Waals surface area contributed by atoms with Gasteiger partial charge in [0.15, 0.2) is 0 Å². The van der Waals surface area contributed by atoms with E-state index in [4.69, 9.17) is 9.16 Å². The fourth-order valence-electron chi connectivity index (χ4n) is 4.74. The van der Waals surface area contributed by atoms with Crippen LogP contribution in [0.3, 0.4) is 0 Å². The van der Waals surface area contributed by atoms with Gasteiger partial charge in [-0.15, -0.1) is 0 Å². The maximum atomic E-state index is 7.31. The van der Waals surface area contributed by atoms with Crippen molar-refractivity contribution in [1.29, 1.82) is 0 Å². The Morgan fingerprint density at radius 3 is 1.78 bits per heavy atom. The third kappa shape index (κ3) is 4.32. The first-order valence-corrected chi connectivity index (χ1v) is 13.4. The van der Waals surface area contributed by atoms with Crippen LogP contribution in [0.2, 0.25) is 5.04 Å². The van der Waals surface area contributed by atoms with Gasteiger partial charge in [0, 0.05) is 0 Å². The van der Waals surface area contributed by atoms with Crippen LogP contribution in [0.4, 0.5) is 0 Å². The highest BCUT2D eigenvalue weighted by molar-refractivity contribution is 6.99. The quantitative estimate of drug-likeness (QED) is 0.405. The SMILES string of the molecule is CC1(OCc2ccccc2)CCC=C1O[Si](c1ccccc1)(c1ccccc1)C(C)(C)C. The summed E-state index contributed by atoms with van der Waals surface area (Å²) in [7, 11) is -2.66. The molecular formula is C29H34O2Si. The van der Waals surface area contributed by atoms with E-state index in [2.05, 4.69) is 119 Å². The molecule has 1 aliphatic carbocycles. The van der Waals surface area contributed by atoms with Gasteiger partial charge in [0.25, 0.3) is 0 Å².